The highest BCUT2D eigenvalue weighted by molar-refractivity contribution is 5.80. The van der Waals surface area contributed by atoms with E-state index in [0.717, 1.165) is 28.1 Å². The van der Waals surface area contributed by atoms with Crippen molar-refractivity contribution in [3.8, 4) is 11.3 Å². The van der Waals surface area contributed by atoms with E-state index in [1.807, 2.05) is 36.4 Å². The molecule has 6 nitrogen and oxygen atoms in total. The molecular formula is C16H13N5O. The van der Waals surface area contributed by atoms with Gasteiger partial charge in [0.1, 0.15) is 5.76 Å². The molecule has 0 saturated heterocycles. The predicted molar refractivity (Wildman–Crippen MR) is 83.2 cm³/mol. The number of nitrogens with one attached hydrogen (secondary N) is 2. The topological polar surface area (TPSA) is 79.6 Å². The Balaban J connectivity index is 1.60. The van der Waals surface area contributed by atoms with E-state index in [4.69, 9.17) is 4.42 Å². The van der Waals surface area contributed by atoms with Crippen LogP contribution in [0.1, 0.15) is 5.76 Å². The van der Waals surface area contributed by atoms with Crippen LogP contribution in [0.5, 0.6) is 0 Å². The number of nitrogens with zero attached hydrogens (tertiary/aromatic N) is 3. The van der Waals surface area contributed by atoms with Crippen LogP contribution < -0.4 is 5.32 Å². The van der Waals surface area contributed by atoms with Crippen LogP contribution in [0.2, 0.25) is 0 Å². The molecule has 3 heterocycles. The molecule has 4 aromatic rings. The summed E-state index contributed by atoms with van der Waals surface area (Å²) in [5.41, 5.74) is 3.78. The molecule has 3 aromatic heterocycles. The highest BCUT2D eigenvalue weighted by Gasteiger charge is 2.05. The van der Waals surface area contributed by atoms with E-state index < -0.39 is 0 Å². The largest absolute Gasteiger partial charge is 0.467 e. The zero-order valence-electron chi connectivity index (χ0n) is 11.7. The molecule has 0 amide bonds. The number of furan rings is 1. The van der Waals surface area contributed by atoms with Gasteiger partial charge in [-0.1, -0.05) is 6.07 Å². The van der Waals surface area contributed by atoms with Gasteiger partial charge in [-0.15, -0.1) is 0 Å². The van der Waals surface area contributed by atoms with Gasteiger partial charge in [0.2, 0.25) is 5.95 Å². The van der Waals surface area contributed by atoms with Crippen LogP contribution in [0.4, 0.5) is 5.95 Å². The molecule has 0 saturated carbocycles. The first-order valence-corrected chi connectivity index (χ1v) is 6.91. The number of fused-ring (bicyclic) bond motifs is 1. The Morgan fingerprint density at radius 2 is 2.14 bits per heavy atom. The molecule has 1 aromatic carbocycles. The van der Waals surface area contributed by atoms with Crippen molar-refractivity contribution in [2.45, 2.75) is 6.54 Å². The van der Waals surface area contributed by atoms with Crippen molar-refractivity contribution in [2.24, 2.45) is 0 Å². The number of imidazole rings is 1. The first-order valence-electron chi connectivity index (χ1n) is 6.91. The van der Waals surface area contributed by atoms with Gasteiger partial charge in [-0.2, -0.15) is 0 Å². The zero-order valence-corrected chi connectivity index (χ0v) is 11.7. The smallest absolute Gasteiger partial charge is 0.223 e. The third-order valence-corrected chi connectivity index (χ3v) is 3.37. The number of rotatable bonds is 4. The standard InChI is InChI=1S/C16H13N5O/c1-2-12(22-7-1)9-18-16-17-6-5-13(21-16)11-3-4-14-15(8-11)20-10-19-14/h1-8,10H,9H2,(H,19,20)(H,17,18,21). The van der Waals surface area contributed by atoms with Gasteiger partial charge in [0.25, 0.3) is 0 Å². The molecule has 0 fully saturated rings. The molecule has 0 bridgehead atoms. The van der Waals surface area contributed by atoms with Crippen LogP contribution >= 0.6 is 0 Å². The van der Waals surface area contributed by atoms with E-state index in [2.05, 4.69) is 25.3 Å². The average molecular weight is 291 g/mol. The van der Waals surface area contributed by atoms with E-state index >= 15 is 0 Å². The second-order valence-corrected chi connectivity index (χ2v) is 4.83. The lowest BCUT2D eigenvalue weighted by molar-refractivity contribution is 0.517. The molecular weight excluding hydrogens is 278 g/mol. The normalized spacial score (nSPS) is 10.9. The number of anilines is 1. The van der Waals surface area contributed by atoms with Gasteiger partial charge in [0, 0.05) is 11.8 Å². The van der Waals surface area contributed by atoms with Crippen molar-refractivity contribution in [1.82, 2.24) is 19.9 Å². The molecule has 0 aliphatic carbocycles. The van der Waals surface area contributed by atoms with E-state index in [9.17, 15) is 0 Å². The number of hydrogen-bond donors (Lipinski definition) is 2. The predicted octanol–water partition coefficient (Wildman–Crippen LogP) is 3.23. The van der Waals surface area contributed by atoms with E-state index in [-0.39, 0.29) is 0 Å². The quantitative estimate of drug-likeness (QED) is 0.603. The Hall–Kier alpha value is -3.15. The molecule has 6 heteroatoms. The lowest BCUT2D eigenvalue weighted by atomic mass is 10.1. The van der Waals surface area contributed by atoms with Gasteiger partial charge in [0.15, 0.2) is 0 Å². The minimum absolute atomic E-state index is 0.550. The van der Waals surface area contributed by atoms with Crippen LogP contribution in [0.25, 0.3) is 22.3 Å². The molecule has 0 aliphatic rings. The summed E-state index contributed by atoms with van der Waals surface area (Å²) in [5.74, 6) is 1.41. The average Bonchev–Trinajstić information content (AvgIpc) is 3.24. The van der Waals surface area contributed by atoms with Crippen LogP contribution in [0.3, 0.4) is 0 Å². The van der Waals surface area contributed by atoms with E-state index in [0.29, 0.717) is 12.5 Å². The minimum atomic E-state index is 0.550. The third-order valence-electron chi connectivity index (χ3n) is 3.37. The molecule has 4 rings (SSSR count). The van der Waals surface area contributed by atoms with Gasteiger partial charge in [-0.25, -0.2) is 15.0 Å². The lowest BCUT2D eigenvalue weighted by Crippen LogP contribution is -2.03. The Kier molecular flexibility index (Phi) is 3.05. The molecule has 0 aliphatic heterocycles. The maximum atomic E-state index is 5.28. The van der Waals surface area contributed by atoms with Crippen molar-refractivity contribution in [1.29, 1.82) is 0 Å². The number of aromatic nitrogens is 4. The summed E-state index contributed by atoms with van der Waals surface area (Å²) in [5, 5.41) is 3.15. The number of hydrogen-bond acceptors (Lipinski definition) is 5. The second kappa shape index (κ2) is 5.33. The first-order chi connectivity index (χ1) is 10.9. The number of aromatic amines is 1. The molecule has 108 valence electrons. The molecule has 0 spiro atoms. The van der Waals surface area contributed by atoms with Crippen molar-refractivity contribution in [3.63, 3.8) is 0 Å². The van der Waals surface area contributed by atoms with Crippen molar-refractivity contribution in [2.75, 3.05) is 5.32 Å². The summed E-state index contributed by atoms with van der Waals surface area (Å²) >= 11 is 0. The van der Waals surface area contributed by atoms with E-state index in [1.54, 1.807) is 18.8 Å². The molecule has 0 radical (unpaired) electrons. The highest BCUT2D eigenvalue weighted by atomic mass is 16.3. The SMILES string of the molecule is c1coc(CNc2nccc(-c3ccc4[nH]cnc4c3)n2)c1. The Morgan fingerprint density at radius 3 is 3.05 bits per heavy atom. The van der Waals surface area contributed by atoms with Gasteiger partial charge < -0.3 is 14.7 Å². The maximum Gasteiger partial charge on any atom is 0.223 e. The summed E-state index contributed by atoms with van der Waals surface area (Å²) in [6.07, 6.45) is 5.07. The number of H-pyrrole nitrogens is 1. The minimum Gasteiger partial charge on any atom is -0.467 e. The fourth-order valence-electron chi connectivity index (χ4n) is 2.28. The third kappa shape index (κ3) is 2.42. The summed E-state index contributed by atoms with van der Waals surface area (Å²) in [4.78, 5) is 16.1. The van der Waals surface area contributed by atoms with Gasteiger partial charge in [-0.3, -0.25) is 0 Å². The molecule has 0 unspecified atom stereocenters. The zero-order chi connectivity index (χ0) is 14.8. The first kappa shape index (κ1) is 12.6. The van der Waals surface area contributed by atoms with Crippen molar-refractivity contribution in [3.05, 3.63) is 60.9 Å². The Labute approximate surface area is 126 Å². The molecule has 2 N–H and O–H groups in total. The van der Waals surface area contributed by atoms with Crippen LogP contribution in [0, 0.1) is 0 Å². The van der Waals surface area contributed by atoms with Crippen LogP contribution in [0.15, 0.2) is 59.6 Å². The highest BCUT2D eigenvalue weighted by Crippen LogP contribution is 2.21. The summed E-state index contributed by atoms with van der Waals surface area (Å²) in [7, 11) is 0. The Morgan fingerprint density at radius 1 is 1.14 bits per heavy atom. The van der Waals surface area contributed by atoms with E-state index in [1.165, 1.54) is 0 Å². The monoisotopic (exact) mass is 291 g/mol. The summed E-state index contributed by atoms with van der Waals surface area (Å²) < 4.78 is 5.28. The molecule has 22 heavy (non-hydrogen) atoms. The van der Waals surface area contributed by atoms with Gasteiger partial charge in [-0.05, 0) is 30.3 Å². The van der Waals surface area contributed by atoms with Crippen molar-refractivity contribution < 1.29 is 4.42 Å². The van der Waals surface area contributed by atoms with Crippen LogP contribution in [-0.4, -0.2) is 19.9 Å². The van der Waals surface area contributed by atoms with Gasteiger partial charge in [0.05, 0.1) is 35.9 Å². The fourth-order valence-corrected chi connectivity index (χ4v) is 2.28. The van der Waals surface area contributed by atoms with Gasteiger partial charge >= 0.3 is 0 Å². The fraction of sp³-hybridized carbons (Fsp3) is 0.0625. The van der Waals surface area contributed by atoms with Crippen molar-refractivity contribution >= 4 is 17.0 Å². The maximum absolute atomic E-state index is 5.28. The summed E-state index contributed by atoms with van der Waals surface area (Å²) in [6, 6.07) is 11.7. The number of benzene rings is 1. The van der Waals surface area contributed by atoms with Crippen LogP contribution in [-0.2, 0) is 6.54 Å². The molecule has 0 atom stereocenters. The lowest BCUT2D eigenvalue weighted by Gasteiger charge is -2.05. The Bertz CT molecular complexity index is 898. The second-order valence-electron chi connectivity index (χ2n) is 4.83. The summed E-state index contributed by atoms with van der Waals surface area (Å²) in [6.45, 7) is 0.550.